The fourth-order valence-corrected chi connectivity index (χ4v) is 20.4. The highest BCUT2D eigenvalue weighted by molar-refractivity contribution is 8.76. The lowest BCUT2D eigenvalue weighted by Crippen LogP contribution is -2.61. The number of hydrogen-bond donors (Lipinski definition) is 21. The van der Waals surface area contributed by atoms with Gasteiger partial charge >= 0.3 is 5.97 Å². The van der Waals surface area contributed by atoms with E-state index < -0.39 is 228 Å². The number of nitrogens with one attached hydrogen (secondary N) is 15. The summed E-state index contributed by atoms with van der Waals surface area (Å²) in [5, 5.41) is 67.6. The van der Waals surface area contributed by atoms with Crippen molar-refractivity contribution in [1.29, 1.82) is 5.41 Å². The molecule has 18 atom stereocenters. The van der Waals surface area contributed by atoms with Crippen molar-refractivity contribution in [1.82, 2.24) is 94.0 Å². The highest BCUT2D eigenvalue weighted by Gasteiger charge is 2.47. The van der Waals surface area contributed by atoms with Gasteiger partial charge in [-0.3, -0.25) is 91.7 Å². The van der Waals surface area contributed by atoms with Crippen LogP contribution in [-0.4, -0.2) is 315 Å². The van der Waals surface area contributed by atoms with Gasteiger partial charge in [0.05, 0.1) is 12.6 Å². The number of nitrogens with two attached hydrogens (primary N) is 4. The molecule has 1 unspecified atom stereocenters. The van der Waals surface area contributed by atoms with Crippen molar-refractivity contribution in [2.75, 3.05) is 63.9 Å². The molecule has 5 saturated heterocycles. The minimum Gasteiger partial charge on any atom is -0.481 e. The van der Waals surface area contributed by atoms with Crippen LogP contribution in [0.1, 0.15) is 214 Å². The van der Waals surface area contributed by atoms with Crippen LogP contribution in [0.3, 0.4) is 0 Å². The molecule has 0 aliphatic carbocycles. The first-order valence-electron chi connectivity index (χ1n) is 48.9. The van der Waals surface area contributed by atoms with E-state index in [1.54, 1.807) is 73.3 Å². The van der Waals surface area contributed by atoms with Crippen LogP contribution in [0.25, 0.3) is 0 Å². The molecule has 7 rings (SSSR count). The number of primary amides is 1. The van der Waals surface area contributed by atoms with Gasteiger partial charge in [-0.15, -0.1) is 0 Å². The Morgan fingerprint density at radius 2 is 1.16 bits per heavy atom. The molecule has 5 aliphatic heterocycles. The molecule has 5 heterocycles. The van der Waals surface area contributed by atoms with E-state index in [9.17, 15) is 58.2 Å². The Kier molecular flexibility index (Phi) is 48.9. The second kappa shape index (κ2) is 59.0. The van der Waals surface area contributed by atoms with Crippen LogP contribution in [0.4, 0.5) is 0 Å². The molecule has 5 aliphatic rings. The van der Waals surface area contributed by atoms with Crippen molar-refractivity contribution in [2.45, 2.75) is 325 Å². The molecular formula is C94H148ClN23O20S2. The number of guanidine groups is 1. The lowest BCUT2D eigenvalue weighted by Gasteiger charge is -2.35. The maximum absolute atomic E-state index is 15.8. The lowest BCUT2D eigenvalue weighted by molar-refractivity contribution is -0.148. The van der Waals surface area contributed by atoms with Crippen molar-refractivity contribution < 1.29 is 96.5 Å². The minimum atomic E-state index is -1.82. The Hall–Kier alpha value is -11.0. The number of carboxylic acid groups (broad SMARTS) is 1. The van der Waals surface area contributed by atoms with Crippen LogP contribution in [-0.2, 0) is 99.1 Å². The molecule has 5 fully saturated rings. The summed E-state index contributed by atoms with van der Waals surface area (Å²) in [5.41, 5.74) is 24.3. The Morgan fingerprint density at radius 1 is 0.571 bits per heavy atom. The van der Waals surface area contributed by atoms with Gasteiger partial charge in [0.25, 0.3) is 0 Å². The number of aliphatic hydroxyl groups excluding tert-OH is 1. The quantitative estimate of drug-likeness (QED) is 0.0162. The summed E-state index contributed by atoms with van der Waals surface area (Å²) < 4.78 is 0. The third-order valence-electron chi connectivity index (χ3n) is 25.5. The summed E-state index contributed by atoms with van der Waals surface area (Å²) in [6.45, 7) is 13.2. The molecule has 0 radical (unpaired) electrons. The summed E-state index contributed by atoms with van der Waals surface area (Å²) in [6.07, 6.45) is 3.00. The molecule has 0 aromatic heterocycles. The number of aliphatic hydroxyl groups is 1. The second-order valence-corrected chi connectivity index (χ2v) is 40.4. The third-order valence-corrected chi connectivity index (χ3v) is 28.2. The van der Waals surface area contributed by atoms with Crippen molar-refractivity contribution in [3.63, 3.8) is 0 Å². The molecular weight excluding hydrogens is 1870 g/mol. The van der Waals surface area contributed by atoms with Crippen LogP contribution in [0.15, 0.2) is 54.6 Å². The Morgan fingerprint density at radius 3 is 1.79 bits per heavy atom. The number of halogens is 1. The van der Waals surface area contributed by atoms with Crippen molar-refractivity contribution >= 4 is 146 Å². The minimum absolute atomic E-state index is 0.00543. The normalized spacial score (nSPS) is 24.4. The topological polar surface area (TPSA) is 657 Å². The zero-order valence-corrected chi connectivity index (χ0v) is 83.9. The van der Waals surface area contributed by atoms with Crippen LogP contribution in [0, 0.1) is 17.2 Å². The number of unbranched alkanes of at least 4 members (excludes halogenated alkanes) is 3. The Balaban J connectivity index is 1.34. The number of amides is 17. The first kappa shape index (κ1) is 116. The van der Waals surface area contributed by atoms with Gasteiger partial charge in [0.15, 0.2) is 5.96 Å². The average molecular weight is 2020 g/mol. The van der Waals surface area contributed by atoms with Gasteiger partial charge in [0, 0.05) is 81.1 Å². The molecule has 140 heavy (non-hydrogen) atoms. The molecule has 0 saturated carbocycles. The first-order chi connectivity index (χ1) is 66.7. The van der Waals surface area contributed by atoms with Gasteiger partial charge in [-0.05, 0) is 197 Å². The highest BCUT2D eigenvalue weighted by atomic mass is 35.5. The Bertz CT molecular complexity index is 4570. The van der Waals surface area contributed by atoms with Crippen LogP contribution in [0.5, 0.6) is 0 Å². The van der Waals surface area contributed by atoms with Crippen LogP contribution in [0.2, 0.25) is 5.02 Å². The van der Waals surface area contributed by atoms with E-state index in [2.05, 4.69) is 74.4 Å². The zero-order valence-electron chi connectivity index (χ0n) is 81.5. The largest absolute Gasteiger partial charge is 0.481 e. The molecule has 778 valence electrons. The maximum atomic E-state index is 15.8. The van der Waals surface area contributed by atoms with E-state index in [0.717, 1.165) is 21.6 Å². The van der Waals surface area contributed by atoms with Gasteiger partial charge < -0.3 is 127 Å². The van der Waals surface area contributed by atoms with Gasteiger partial charge in [0.1, 0.15) is 90.6 Å². The number of hydrogen-bond acceptors (Lipinski definition) is 25. The van der Waals surface area contributed by atoms with Crippen LogP contribution >= 0.6 is 33.2 Å². The lowest BCUT2D eigenvalue weighted by atomic mass is 9.99. The van der Waals surface area contributed by atoms with Crippen molar-refractivity contribution in [3.05, 3.63) is 70.7 Å². The molecule has 0 spiro atoms. The van der Waals surface area contributed by atoms with E-state index in [1.165, 1.54) is 28.5 Å². The van der Waals surface area contributed by atoms with E-state index in [-0.39, 0.29) is 165 Å². The number of rotatable bonds is 40. The number of carbonyl (C=O) groups excluding carboxylic acids is 17. The molecule has 0 bridgehead atoms. The number of likely N-dealkylation sites (tertiary alicyclic amines) is 3. The van der Waals surface area contributed by atoms with E-state index >= 15 is 38.4 Å². The predicted molar refractivity (Wildman–Crippen MR) is 527 cm³/mol. The molecule has 46 heteroatoms. The number of aliphatic carboxylic acids is 1. The summed E-state index contributed by atoms with van der Waals surface area (Å²) in [5.74, 6) is -16.3. The second-order valence-electron chi connectivity index (χ2n) is 37.3. The van der Waals surface area contributed by atoms with Crippen molar-refractivity contribution in [3.8, 4) is 0 Å². The number of carboxylic acids is 1. The van der Waals surface area contributed by atoms with Gasteiger partial charge in [-0.25, -0.2) is 0 Å². The first-order valence-corrected chi connectivity index (χ1v) is 51.8. The fraction of sp³-hybridized carbons (Fsp3) is 0.670. The molecule has 17 amide bonds. The SMILES string of the molecule is CCCC[C@@H]1NC(=O)[C@H](CCCCN)NC(=O)[C@H](CCCNC(=N)N)NC(=O)[C@H](CC(C)C)NC(=O)[C@@H](NC(=O)[C@H](Cc2cccc(Cl)c2)NC(C)[C@@H]2CCCN2C(=O)[C@@H](NC(C)=O)C(C)C)CCSSC[C@@H](C(=O)N[C@@H](CCCCN)C(=O)N2CCC[C@H]2C(=O)N2CCC[C@H]2C(=O)N[C@@H](CCC(=O)O)C(N)=O)NC(=O)[C@@H](Cc2ccccc2)NC(=O)[C@H](CO)NC(=O)[C@H](C)NC(=O)[C@@H]2CCCN2C1=O. The summed E-state index contributed by atoms with van der Waals surface area (Å²) in [4.78, 5) is 268. The molecule has 43 nitrogen and oxygen atoms in total. The van der Waals surface area contributed by atoms with E-state index in [1.807, 2.05) is 27.7 Å². The third kappa shape index (κ3) is 36.5. The molecule has 25 N–H and O–H groups in total. The summed E-state index contributed by atoms with van der Waals surface area (Å²) >= 11 is 6.61. The summed E-state index contributed by atoms with van der Waals surface area (Å²) in [6, 6.07) is -8.34. The molecule has 2 aromatic rings. The monoisotopic (exact) mass is 2020 g/mol. The summed E-state index contributed by atoms with van der Waals surface area (Å²) in [7, 11) is 2.03. The zero-order chi connectivity index (χ0) is 103. The van der Waals surface area contributed by atoms with Gasteiger partial charge in [-0.1, -0.05) is 123 Å². The number of nitrogens with zero attached hydrogens (tertiary/aromatic N) is 4. The standard InChI is InChI=1S/C94H148ClN23O20S2/c1-9-10-28-65-90(135)116-43-21-33-73(116)88(133)103-56(7)79(124)113-70(51-119)86(131)112-69(49-58-24-12-11-13-25-58)85(130)114-71(87(132)110-66(30-15-17-40-97)91(136)118-45-23-35-75(118)92(137)117-44-22-34-74(117)89(134)105-61(78(98)123)36-37-76(121)122)52-140-139-46-38-64(82(127)111-67(47-53(2)3)83(128)107-63(31-19-41-101-94(99)100)80(125)106-62(81(126)109-65)29-14-16-39-96)108-84(129)68(50-59-26-18-27-60(95)48-59)102-55(6)72-32-20-42-115(72)93(138)77(54(4)5)104-57(8)120/h11-13,18,24-27,48,53-56,61-75,77,102,119H,9-10,14-17,19-23,28-47,49-52,96-97H2,1-8H3,(H2,98,123)(H,103,133)(H,104,120)(H,105,134)(H,106,125)(H,107,128)(H,108,129)(H,109,126)(H,110,132)(H,111,127)(H,112,131)(H,113,124)(H,114,130)(H,121,122)(H4,99,100,101)/t55?,56-,61-,62-,63-,64-,65-,66-,67-,68-,69+,70-,71-,72-,73-,74-,75-,77-/m0/s1. The maximum Gasteiger partial charge on any atom is 0.303 e. The highest BCUT2D eigenvalue weighted by Crippen LogP contribution is 2.31. The van der Waals surface area contributed by atoms with E-state index in [4.69, 9.17) is 39.9 Å². The number of carbonyl (C=O) groups is 18. The molecule has 2 aromatic carbocycles. The van der Waals surface area contributed by atoms with Gasteiger partial charge in [-0.2, -0.15) is 0 Å². The van der Waals surface area contributed by atoms with E-state index in [0.29, 0.717) is 80.5 Å². The van der Waals surface area contributed by atoms with Crippen LogP contribution < -0.4 is 97.4 Å². The fourth-order valence-electron chi connectivity index (χ4n) is 17.9. The smallest absolute Gasteiger partial charge is 0.303 e. The number of fused-ring (bicyclic) bond motifs is 1. The average Bonchev–Trinajstić information content (AvgIpc) is 1.65. The number of benzene rings is 2. The predicted octanol–water partition coefficient (Wildman–Crippen LogP) is -1.17. The Labute approximate surface area is 831 Å². The van der Waals surface area contributed by atoms with Gasteiger partial charge in [0.2, 0.25) is 100 Å². The van der Waals surface area contributed by atoms with Crippen molar-refractivity contribution in [2.24, 2.45) is 34.8 Å².